The summed E-state index contributed by atoms with van der Waals surface area (Å²) in [7, 11) is 0. The Bertz CT molecular complexity index is 860. The van der Waals surface area contributed by atoms with E-state index in [0.29, 0.717) is 18.1 Å². The van der Waals surface area contributed by atoms with Gasteiger partial charge in [0.25, 0.3) is 0 Å². The minimum atomic E-state index is 0.395. The summed E-state index contributed by atoms with van der Waals surface area (Å²) in [5.74, 6) is 3.42. The van der Waals surface area contributed by atoms with Crippen molar-refractivity contribution in [2.45, 2.75) is 77.4 Å². The highest BCUT2D eigenvalue weighted by molar-refractivity contribution is 5.41. The molecule has 3 aliphatic carbocycles. The van der Waals surface area contributed by atoms with Gasteiger partial charge in [-0.25, -0.2) is 0 Å². The van der Waals surface area contributed by atoms with Crippen LogP contribution in [0.15, 0.2) is 48.5 Å². The summed E-state index contributed by atoms with van der Waals surface area (Å²) in [4.78, 5) is 0. The molecule has 5 rings (SSSR count). The predicted octanol–water partition coefficient (Wildman–Crippen LogP) is 6.92. The Morgan fingerprint density at radius 2 is 1.87 bits per heavy atom. The first-order chi connectivity index (χ1) is 14.7. The van der Waals surface area contributed by atoms with E-state index in [9.17, 15) is 0 Å². The van der Waals surface area contributed by atoms with E-state index in [2.05, 4.69) is 62.4 Å². The fourth-order valence-electron chi connectivity index (χ4n) is 6.88. The summed E-state index contributed by atoms with van der Waals surface area (Å²) in [6.07, 6.45) is 9.42. The van der Waals surface area contributed by atoms with E-state index in [1.54, 1.807) is 5.56 Å². The van der Waals surface area contributed by atoms with Crippen LogP contribution >= 0.6 is 0 Å². The van der Waals surface area contributed by atoms with Crippen molar-refractivity contribution in [2.24, 2.45) is 17.3 Å². The molecule has 2 aromatic rings. The molecule has 2 heteroatoms. The summed E-state index contributed by atoms with van der Waals surface area (Å²) < 4.78 is 12.5. The molecule has 30 heavy (non-hydrogen) atoms. The first-order valence-electron chi connectivity index (χ1n) is 12.1. The molecule has 0 aromatic heterocycles. The highest BCUT2D eigenvalue weighted by atomic mass is 16.5. The SMILES string of the molecule is CCCO[C@H]1CC[C@H]2[C@@H]3CCc4cc(OCc5ccccc5)ccc4[C@H]3CC[C@]12C. The smallest absolute Gasteiger partial charge is 0.120 e. The molecular weight excluding hydrogens is 368 g/mol. The number of hydrogen-bond acceptors (Lipinski definition) is 2. The first-order valence-corrected chi connectivity index (χ1v) is 12.1. The van der Waals surface area contributed by atoms with E-state index in [-0.39, 0.29) is 0 Å². The largest absolute Gasteiger partial charge is 0.489 e. The van der Waals surface area contributed by atoms with Crippen molar-refractivity contribution >= 4 is 0 Å². The second-order valence-electron chi connectivity index (χ2n) is 10.0. The monoisotopic (exact) mass is 404 g/mol. The molecule has 0 saturated heterocycles. The first kappa shape index (κ1) is 20.1. The minimum Gasteiger partial charge on any atom is -0.489 e. The van der Waals surface area contributed by atoms with Gasteiger partial charge in [0.15, 0.2) is 0 Å². The number of fused-ring (bicyclic) bond motifs is 5. The standard InChI is InChI=1S/C28H36O2/c1-3-17-29-27-14-13-26-25-11-9-21-18-22(30-19-20-7-5-4-6-8-20)10-12-23(21)24(25)15-16-28(26,27)2/h4-8,10,12,18,24-27H,3,9,11,13-17,19H2,1-2H3/t24-,25-,26+,27+,28+/m1/s1. The summed E-state index contributed by atoms with van der Waals surface area (Å²) in [5, 5.41) is 0. The van der Waals surface area contributed by atoms with Gasteiger partial charge >= 0.3 is 0 Å². The third-order valence-corrected chi connectivity index (χ3v) is 8.38. The van der Waals surface area contributed by atoms with Gasteiger partial charge in [-0.1, -0.05) is 50.2 Å². The van der Waals surface area contributed by atoms with Crippen LogP contribution in [0.1, 0.15) is 75.0 Å². The van der Waals surface area contributed by atoms with Crippen LogP contribution in [-0.2, 0) is 17.8 Å². The maximum atomic E-state index is 6.34. The molecule has 0 radical (unpaired) electrons. The Morgan fingerprint density at radius 1 is 1.00 bits per heavy atom. The molecule has 0 heterocycles. The molecule has 3 aliphatic rings. The highest BCUT2D eigenvalue weighted by Gasteiger charge is 2.55. The second kappa shape index (κ2) is 8.38. The zero-order valence-electron chi connectivity index (χ0n) is 18.6. The van der Waals surface area contributed by atoms with E-state index in [4.69, 9.17) is 9.47 Å². The Morgan fingerprint density at radius 3 is 2.70 bits per heavy atom. The van der Waals surface area contributed by atoms with E-state index in [1.807, 2.05) is 0 Å². The van der Waals surface area contributed by atoms with Crippen molar-refractivity contribution in [2.75, 3.05) is 6.61 Å². The van der Waals surface area contributed by atoms with Crippen LogP contribution in [0.5, 0.6) is 5.75 Å². The molecule has 0 N–H and O–H groups in total. The Kier molecular flexibility index (Phi) is 5.62. The molecule has 2 aromatic carbocycles. The average molecular weight is 405 g/mol. The number of aryl methyl sites for hydroxylation is 1. The molecular formula is C28H36O2. The lowest BCUT2D eigenvalue weighted by atomic mass is 9.55. The van der Waals surface area contributed by atoms with Crippen LogP contribution in [0.25, 0.3) is 0 Å². The lowest BCUT2D eigenvalue weighted by Crippen LogP contribution is -2.44. The molecule has 2 saturated carbocycles. The van der Waals surface area contributed by atoms with Gasteiger partial charge in [0, 0.05) is 6.61 Å². The van der Waals surface area contributed by atoms with E-state index < -0.39 is 0 Å². The summed E-state index contributed by atoms with van der Waals surface area (Å²) in [6.45, 7) is 6.33. The van der Waals surface area contributed by atoms with Crippen LogP contribution in [0, 0.1) is 17.3 Å². The Labute approximate surface area is 182 Å². The van der Waals surface area contributed by atoms with Crippen molar-refractivity contribution in [3.63, 3.8) is 0 Å². The van der Waals surface area contributed by atoms with Crippen LogP contribution in [-0.4, -0.2) is 12.7 Å². The number of benzene rings is 2. The van der Waals surface area contributed by atoms with Gasteiger partial charge in [0.1, 0.15) is 12.4 Å². The van der Waals surface area contributed by atoms with Crippen molar-refractivity contribution < 1.29 is 9.47 Å². The topological polar surface area (TPSA) is 18.5 Å². The van der Waals surface area contributed by atoms with Crippen molar-refractivity contribution in [3.8, 4) is 5.75 Å². The fourth-order valence-corrected chi connectivity index (χ4v) is 6.88. The lowest BCUT2D eigenvalue weighted by molar-refractivity contribution is -0.0636. The van der Waals surface area contributed by atoms with Crippen LogP contribution in [0.4, 0.5) is 0 Å². The van der Waals surface area contributed by atoms with Gasteiger partial charge in [0.2, 0.25) is 0 Å². The molecule has 160 valence electrons. The maximum Gasteiger partial charge on any atom is 0.120 e. The van der Waals surface area contributed by atoms with Gasteiger partial charge < -0.3 is 9.47 Å². The average Bonchev–Trinajstić information content (AvgIpc) is 3.12. The van der Waals surface area contributed by atoms with Crippen LogP contribution in [0.2, 0.25) is 0 Å². The molecule has 0 unspecified atom stereocenters. The van der Waals surface area contributed by atoms with Crippen LogP contribution < -0.4 is 4.74 Å². The second-order valence-corrected chi connectivity index (χ2v) is 10.0. The van der Waals surface area contributed by atoms with E-state index in [0.717, 1.165) is 36.5 Å². The van der Waals surface area contributed by atoms with Crippen molar-refractivity contribution in [1.82, 2.24) is 0 Å². The van der Waals surface area contributed by atoms with Gasteiger partial charge in [-0.05, 0) is 96.9 Å². The molecule has 0 spiro atoms. The predicted molar refractivity (Wildman–Crippen MR) is 122 cm³/mol. The maximum absolute atomic E-state index is 6.34. The van der Waals surface area contributed by atoms with E-state index >= 15 is 0 Å². The Hall–Kier alpha value is -1.80. The Balaban J connectivity index is 1.30. The molecule has 2 fully saturated rings. The molecule has 0 aliphatic heterocycles. The minimum absolute atomic E-state index is 0.395. The normalized spacial score (nSPS) is 32.2. The number of rotatable bonds is 6. The number of hydrogen-bond donors (Lipinski definition) is 0. The zero-order valence-corrected chi connectivity index (χ0v) is 18.6. The highest BCUT2D eigenvalue weighted by Crippen LogP contribution is 2.61. The van der Waals surface area contributed by atoms with Gasteiger partial charge in [-0.15, -0.1) is 0 Å². The summed E-state index contributed by atoms with van der Waals surface area (Å²) in [6, 6.07) is 17.4. The fraction of sp³-hybridized carbons (Fsp3) is 0.571. The molecule has 2 nitrogen and oxygen atoms in total. The van der Waals surface area contributed by atoms with Gasteiger partial charge in [0.05, 0.1) is 6.10 Å². The third kappa shape index (κ3) is 3.58. The molecule has 0 amide bonds. The van der Waals surface area contributed by atoms with Crippen molar-refractivity contribution in [3.05, 3.63) is 65.2 Å². The zero-order chi connectivity index (χ0) is 20.6. The summed E-state index contributed by atoms with van der Waals surface area (Å²) in [5.41, 5.74) is 4.76. The van der Waals surface area contributed by atoms with Gasteiger partial charge in [-0.2, -0.15) is 0 Å². The molecule has 0 bridgehead atoms. The third-order valence-electron chi connectivity index (χ3n) is 8.38. The lowest BCUT2D eigenvalue weighted by Gasteiger charge is -2.50. The van der Waals surface area contributed by atoms with Crippen molar-refractivity contribution in [1.29, 1.82) is 0 Å². The molecule has 5 atom stereocenters. The van der Waals surface area contributed by atoms with Crippen LogP contribution in [0.3, 0.4) is 0 Å². The summed E-state index contributed by atoms with van der Waals surface area (Å²) >= 11 is 0. The van der Waals surface area contributed by atoms with Gasteiger partial charge in [-0.3, -0.25) is 0 Å². The number of ether oxygens (including phenoxy) is 2. The van der Waals surface area contributed by atoms with E-state index in [1.165, 1.54) is 49.7 Å². The quantitative estimate of drug-likeness (QED) is 0.520.